The van der Waals surface area contributed by atoms with Gasteiger partial charge in [0.15, 0.2) is 0 Å². The van der Waals surface area contributed by atoms with Crippen LogP contribution in [0.3, 0.4) is 0 Å². The molecule has 1 aromatic rings. The second-order valence-corrected chi connectivity index (χ2v) is 3.84. The van der Waals surface area contributed by atoms with Gasteiger partial charge in [-0.1, -0.05) is 30.3 Å². The molecule has 0 amide bonds. The first kappa shape index (κ1) is 14.8. The van der Waals surface area contributed by atoms with Crippen molar-refractivity contribution < 1.29 is 31.4 Å². The van der Waals surface area contributed by atoms with E-state index in [0.29, 0.717) is 5.56 Å². The van der Waals surface area contributed by atoms with Crippen LogP contribution in [0, 0.1) is 0 Å². The van der Waals surface area contributed by atoms with E-state index in [1.807, 2.05) is 0 Å². The summed E-state index contributed by atoms with van der Waals surface area (Å²) in [5.74, 6) is 0. The fraction of sp³-hybridized carbons (Fsp3) is 0.455. The first-order valence-corrected chi connectivity index (χ1v) is 4.98. The summed E-state index contributed by atoms with van der Waals surface area (Å²) in [6.45, 7) is 0. The Morgan fingerprint density at radius 3 is 1.67 bits per heavy atom. The minimum absolute atomic E-state index is 0.296. The maximum absolute atomic E-state index is 12.3. The van der Waals surface area contributed by atoms with Crippen molar-refractivity contribution in [2.75, 3.05) is 0 Å². The highest BCUT2D eigenvalue weighted by Crippen LogP contribution is 2.45. The maximum atomic E-state index is 12.3. The number of rotatable bonds is 3. The second kappa shape index (κ2) is 4.79. The van der Waals surface area contributed by atoms with Gasteiger partial charge in [-0.3, -0.25) is 0 Å². The van der Waals surface area contributed by atoms with Gasteiger partial charge in [0.1, 0.15) is 0 Å². The zero-order chi connectivity index (χ0) is 14.0. The van der Waals surface area contributed by atoms with Crippen LogP contribution in [0.25, 0.3) is 0 Å². The van der Waals surface area contributed by atoms with E-state index >= 15 is 0 Å². The molecule has 0 bridgehead atoms. The van der Waals surface area contributed by atoms with Crippen LogP contribution in [0.4, 0.5) is 26.3 Å². The average Bonchev–Trinajstić information content (AvgIpc) is 2.24. The molecular weight excluding hydrogens is 262 g/mol. The van der Waals surface area contributed by atoms with Crippen molar-refractivity contribution in [3.05, 3.63) is 35.9 Å². The van der Waals surface area contributed by atoms with Gasteiger partial charge in [-0.05, 0) is 18.4 Å². The molecule has 0 heterocycles. The van der Waals surface area contributed by atoms with Gasteiger partial charge >= 0.3 is 12.4 Å². The molecule has 0 fully saturated rings. The quantitative estimate of drug-likeness (QED) is 0.835. The summed E-state index contributed by atoms with van der Waals surface area (Å²) in [4.78, 5) is 0. The van der Waals surface area contributed by atoms with Crippen LogP contribution in [-0.2, 0) is 6.42 Å². The molecule has 0 unspecified atom stereocenters. The number of hydrogen-bond acceptors (Lipinski definition) is 1. The molecule has 0 spiro atoms. The largest absolute Gasteiger partial charge is 0.426 e. The van der Waals surface area contributed by atoms with Crippen LogP contribution in [0.1, 0.15) is 12.0 Å². The van der Waals surface area contributed by atoms with Crippen molar-refractivity contribution >= 4 is 0 Å². The predicted octanol–water partition coefficient (Wildman–Crippen LogP) is 3.47. The molecule has 0 aliphatic carbocycles. The van der Waals surface area contributed by atoms with Crippen LogP contribution < -0.4 is 0 Å². The lowest BCUT2D eigenvalue weighted by Gasteiger charge is -2.32. The molecule has 0 aliphatic rings. The minimum atomic E-state index is -5.75. The number of alkyl halides is 6. The van der Waals surface area contributed by atoms with E-state index in [0.717, 1.165) is 0 Å². The fourth-order valence-corrected chi connectivity index (χ4v) is 1.41. The second-order valence-electron chi connectivity index (χ2n) is 3.84. The molecule has 1 rings (SSSR count). The summed E-state index contributed by atoms with van der Waals surface area (Å²) in [5.41, 5.74) is -4.38. The van der Waals surface area contributed by atoms with E-state index in [1.165, 1.54) is 24.3 Å². The molecule has 0 saturated heterocycles. The third-order valence-electron chi connectivity index (χ3n) is 2.56. The summed E-state index contributed by atoms with van der Waals surface area (Å²) in [6, 6.07) is 7.37. The normalized spacial score (nSPS) is 13.7. The highest BCUT2D eigenvalue weighted by Gasteiger charge is 2.69. The van der Waals surface area contributed by atoms with E-state index in [-0.39, 0.29) is 0 Å². The highest BCUT2D eigenvalue weighted by molar-refractivity contribution is 5.15. The Morgan fingerprint density at radius 2 is 1.28 bits per heavy atom. The Morgan fingerprint density at radius 1 is 0.833 bits per heavy atom. The van der Waals surface area contributed by atoms with Gasteiger partial charge in [0.25, 0.3) is 5.60 Å². The third-order valence-corrected chi connectivity index (χ3v) is 2.56. The number of aliphatic hydroxyl groups is 1. The SMILES string of the molecule is OC(CCc1ccccc1)(C(F)(F)F)C(F)(F)F. The van der Waals surface area contributed by atoms with Gasteiger partial charge in [0.2, 0.25) is 0 Å². The average molecular weight is 272 g/mol. The van der Waals surface area contributed by atoms with Crippen molar-refractivity contribution in [1.29, 1.82) is 0 Å². The van der Waals surface area contributed by atoms with E-state index in [9.17, 15) is 26.3 Å². The molecule has 0 radical (unpaired) electrons. The van der Waals surface area contributed by atoms with Crippen molar-refractivity contribution in [3.63, 3.8) is 0 Å². The Bertz CT molecular complexity index is 367. The molecule has 7 heteroatoms. The van der Waals surface area contributed by atoms with Gasteiger partial charge in [-0.25, -0.2) is 0 Å². The number of benzene rings is 1. The summed E-state index contributed by atoms with van der Waals surface area (Å²) < 4.78 is 74.0. The number of halogens is 6. The Kier molecular flexibility index (Phi) is 3.95. The van der Waals surface area contributed by atoms with Crippen LogP contribution >= 0.6 is 0 Å². The van der Waals surface area contributed by atoms with Gasteiger partial charge in [-0.15, -0.1) is 0 Å². The van der Waals surface area contributed by atoms with Crippen molar-refractivity contribution in [2.45, 2.75) is 30.8 Å². The molecule has 1 N–H and O–H groups in total. The predicted molar refractivity (Wildman–Crippen MR) is 51.8 cm³/mol. The van der Waals surface area contributed by atoms with Crippen LogP contribution in [0.2, 0.25) is 0 Å². The molecule has 0 aromatic heterocycles. The molecular formula is C11H10F6O. The van der Waals surface area contributed by atoms with Gasteiger partial charge < -0.3 is 5.11 Å². The Balaban J connectivity index is 2.89. The molecule has 1 nitrogen and oxygen atoms in total. The van der Waals surface area contributed by atoms with Gasteiger partial charge in [0, 0.05) is 0 Å². The van der Waals surface area contributed by atoms with Crippen molar-refractivity contribution in [1.82, 2.24) is 0 Å². The Labute approximate surface area is 99.0 Å². The first-order chi connectivity index (χ1) is 8.08. The highest BCUT2D eigenvalue weighted by atomic mass is 19.4. The van der Waals surface area contributed by atoms with Crippen LogP contribution in [0.15, 0.2) is 30.3 Å². The zero-order valence-corrected chi connectivity index (χ0v) is 9.02. The minimum Gasteiger partial charge on any atom is -0.374 e. The molecule has 18 heavy (non-hydrogen) atoms. The van der Waals surface area contributed by atoms with E-state index in [2.05, 4.69) is 0 Å². The van der Waals surface area contributed by atoms with E-state index in [4.69, 9.17) is 5.11 Å². The molecule has 0 atom stereocenters. The smallest absolute Gasteiger partial charge is 0.374 e. The Hall–Kier alpha value is -1.24. The van der Waals surface area contributed by atoms with Gasteiger partial charge in [0.05, 0.1) is 0 Å². The lowest BCUT2D eigenvalue weighted by molar-refractivity contribution is -0.369. The summed E-state index contributed by atoms with van der Waals surface area (Å²) in [6.07, 6.45) is -13.5. The lowest BCUT2D eigenvalue weighted by atomic mass is 9.93. The van der Waals surface area contributed by atoms with Crippen LogP contribution in [0.5, 0.6) is 0 Å². The van der Waals surface area contributed by atoms with Crippen molar-refractivity contribution in [3.8, 4) is 0 Å². The summed E-state index contributed by atoms with van der Waals surface area (Å²) in [5, 5.41) is 8.90. The number of aryl methyl sites for hydroxylation is 1. The third kappa shape index (κ3) is 2.95. The summed E-state index contributed by atoms with van der Waals surface area (Å²) >= 11 is 0. The monoisotopic (exact) mass is 272 g/mol. The molecule has 0 aliphatic heterocycles. The molecule has 1 aromatic carbocycles. The number of hydrogen-bond donors (Lipinski definition) is 1. The standard InChI is InChI=1S/C11H10F6O/c12-10(13,14)9(18,11(15,16)17)7-6-8-4-2-1-3-5-8/h1-5,18H,6-7H2. The van der Waals surface area contributed by atoms with Crippen LogP contribution in [-0.4, -0.2) is 23.1 Å². The maximum Gasteiger partial charge on any atom is 0.426 e. The molecule has 102 valence electrons. The molecule has 0 saturated carbocycles. The summed E-state index contributed by atoms with van der Waals surface area (Å²) in [7, 11) is 0. The van der Waals surface area contributed by atoms with Crippen molar-refractivity contribution in [2.24, 2.45) is 0 Å². The van der Waals surface area contributed by atoms with E-state index < -0.39 is 30.8 Å². The zero-order valence-electron chi connectivity index (χ0n) is 9.02. The fourth-order valence-electron chi connectivity index (χ4n) is 1.41. The first-order valence-electron chi connectivity index (χ1n) is 4.98. The topological polar surface area (TPSA) is 20.2 Å². The van der Waals surface area contributed by atoms with Gasteiger partial charge in [-0.2, -0.15) is 26.3 Å². The lowest BCUT2D eigenvalue weighted by Crippen LogP contribution is -2.57. The van der Waals surface area contributed by atoms with E-state index in [1.54, 1.807) is 6.07 Å².